The van der Waals surface area contributed by atoms with Gasteiger partial charge >= 0.3 is 0 Å². The van der Waals surface area contributed by atoms with Crippen LogP contribution in [0.3, 0.4) is 0 Å². The molecule has 90 valence electrons. The predicted octanol–water partition coefficient (Wildman–Crippen LogP) is 2.62. The zero-order valence-corrected chi connectivity index (χ0v) is 10.2. The first-order valence-corrected chi connectivity index (χ1v) is 6.42. The number of hydrogen-bond donors (Lipinski definition) is 1. The molecule has 0 bridgehead atoms. The topological polar surface area (TPSA) is 52.9 Å². The van der Waals surface area contributed by atoms with Crippen LogP contribution in [-0.4, -0.2) is 12.5 Å². The van der Waals surface area contributed by atoms with Gasteiger partial charge in [-0.25, -0.2) is 0 Å². The molecule has 0 atom stereocenters. The summed E-state index contributed by atoms with van der Waals surface area (Å²) in [6, 6.07) is 1.94. The molecule has 16 heavy (non-hydrogen) atoms. The fourth-order valence-electron chi connectivity index (χ4n) is 2.48. The molecule has 0 aromatic carbocycles. The highest BCUT2D eigenvalue weighted by atomic mass is 16.1. The fraction of sp³-hybridized carbons (Fsp3) is 0.846. The Kier molecular flexibility index (Phi) is 5.92. The van der Waals surface area contributed by atoms with Crippen molar-refractivity contribution in [1.82, 2.24) is 5.32 Å². The molecule has 0 heterocycles. The van der Waals surface area contributed by atoms with Crippen molar-refractivity contribution in [3.63, 3.8) is 0 Å². The van der Waals surface area contributed by atoms with Gasteiger partial charge in [0.1, 0.15) is 6.54 Å². The number of carbonyl (C=O) groups is 1. The van der Waals surface area contributed by atoms with Gasteiger partial charge in [0.2, 0.25) is 5.91 Å². The monoisotopic (exact) mass is 222 g/mol. The highest BCUT2D eigenvalue weighted by molar-refractivity contribution is 5.78. The molecule has 0 radical (unpaired) electrons. The molecule has 0 unspecified atom stereocenters. The van der Waals surface area contributed by atoms with Crippen molar-refractivity contribution in [3.05, 3.63) is 0 Å². The zero-order valence-electron chi connectivity index (χ0n) is 10.2. The maximum Gasteiger partial charge on any atom is 0.223 e. The van der Waals surface area contributed by atoms with E-state index in [1.807, 2.05) is 6.07 Å². The molecule has 1 saturated carbocycles. The van der Waals surface area contributed by atoms with Crippen molar-refractivity contribution in [2.24, 2.45) is 11.8 Å². The second kappa shape index (κ2) is 7.27. The molecular formula is C13H22N2O. The average Bonchev–Trinajstić information content (AvgIpc) is 2.34. The molecular weight excluding hydrogens is 200 g/mol. The van der Waals surface area contributed by atoms with Crippen LogP contribution in [0.25, 0.3) is 0 Å². The average molecular weight is 222 g/mol. The van der Waals surface area contributed by atoms with Gasteiger partial charge in [-0.3, -0.25) is 4.79 Å². The molecule has 3 nitrogen and oxygen atoms in total. The van der Waals surface area contributed by atoms with Gasteiger partial charge in [-0.2, -0.15) is 5.26 Å². The highest BCUT2D eigenvalue weighted by Crippen LogP contribution is 2.31. The Labute approximate surface area is 98.2 Å². The molecule has 0 saturated heterocycles. The van der Waals surface area contributed by atoms with Crippen molar-refractivity contribution >= 4 is 5.91 Å². The normalized spacial score (nSPS) is 24.8. The maximum absolute atomic E-state index is 11.6. The third kappa shape index (κ3) is 4.22. The number of amides is 1. The van der Waals surface area contributed by atoms with Gasteiger partial charge < -0.3 is 5.32 Å². The number of nitrogens with one attached hydrogen (secondary N) is 1. The van der Waals surface area contributed by atoms with Crippen LogP contribution in [0.15, 0.2) is 0 Å². The number of unbranched alkanes of at least 4 members (excludes halogenated alkanes) is 1. The number of carbonyl (C=O) groups excluding carboxylic acids is 1. The van der Waals surface area contributed by atoms with Gasteiger partial charge in [-0.1, -0.05) is 26.2 Å². The maximum atomic E-state index is 11.6. The molecule has 0 aromatic rings. The van der Waals surface area contributed by atoms with E-state index in [0.717, 1.165) is 18.8 Å². The van der Waals surface area contributed by atoms with Crippen LogP contribution < -0.4 is 5.32 Å². The summed E-state index contributed by atoms with van der Waals surface area (Å²) in [5, 5.41) is 11.0. The summed E-state index contributed by atoms with van der Waals surface area (Å²) in [4.78, 5) is 11.6. The van der Waals surface area contributed by atoms with Crippen molar-refractivity contribution in [3.8, 4) is 6.07 Å². The lowest BCUT2D eigenvalue weighted by Gasteiger charge is -2.27. The predicted molar refractivity (Wildman–Crippen MR) is 63.6 cm³/mol. The van der Waals surface area contributed by atoms with Crippen molar-refractivity contribution in [2.75, 3.05) is 6.54 Å². The van der Waals surface area contributed by atoms with E-state index >= 15 is 0 Å². The van der Waals surface area contributed by atoms with E-state index < -0.39 is 0 Å². The lowest BCUT2D eigenvalue weighted by atomic mass is 9.79. The Morgan fingerprint density at radius 3 is 2.62 bits per heavy atom. The van der Waals surface area contributed by atoms with Crippen molar-refractivity contribution < 1.29 is 4.79 Å². The summed E-state index contributed by atoms with van der Waals surface area (Å²) < 4.78 is 0. The summed E-state index contributed by atoms with van der Waals surface area (Å²) >= 11 is 0. The molecule has 1 aliphatic carbocycles. The van der Waals surface area contributed by atoms with Crippen molar-refractivity contribution in [1.29, 1.82) is 5.26 Å². The van der Waals surface area contributed by atoms with Gasteiger partial charge in [0.25, 0.3) is 0 Å². The minimum Gasteiger partial charge on any atom is -0.343 e. The van der Waals surface area contributed by atoms with E-state index in [0.29, 0.717) is 0 Å². The number of nitriles is 1. The molecule has 0 spiro atoms. The van der Waals surface area contributed by atoms with Crippen LogP contribution in [-0.2, 0) is 4.79 Å². The number of rotatable bonds is 5. The van der Waals surface area contributed by atoms with E-state index in [4.69, 9.17) is 5.26 Å². The van der Waals surface area contributed by atoms with E-state index in [1.54, 1.807) is 0 Å². The molecule has 1 aliphatic rings. The molecule has 0 aromatic heterocycles. The smallest absolute Gasteiger partial charge is 0.223 e. The Morgan fingerprint density at radius 1 is 1.38 bits per heavy atom. The van der Waals surface area contributed by atoms with Gasteiger partial charge in [0.05, 0.1) is 6.07 Å². The lowest BCUT2D eigenvalue weighted by Crippen LogP contribution is -2.33. The van der Waals surface area contributed by atoms with Crippen molar-refractivity contribution in [2.45, 2.75) is 51.9 Å². The first kappa shape index (κ1) is 13.0. The van der Waals surface area contributed by atoms with E-state index in [2.05, 4.69) is 12.2 Å². The number of nitrogens with zero attached hydrogens (tertiary/aromatic N) is 1. The van der Waals surface area contributed by atoms with Crippen LogP contribution in [0.4, 0.5) is 0 Å². The minimum absolute atomic E-state index is 0.0792. The van der Waals surface area contributed by atoms with E-state index in [-0.39, 0.29) is 18.4 Å². The minimum atomic E-state index is 0.0792. The second-order valence-electron chi connectivity index (χ2n) is 4.74. The Morgan fingerprint density at radius 2 is 2.06 bits per heavy atom. The summed E-state index contributed by atoms with van der Waals surface area (Å²) in [5.74, 6) is 1.07. The standard InChI is InChI=1S/C13H22N2O/c1-2-3-4-11-5-7-12(8-6-11)13(16)15-10-9-14/h11-12H,2-8,10H2,1H3,(H,15,16). The Bertz CT molecular complexity index is 249. The lowest BCUT2D eigenvalue weighted by molar-refractivity contribution is -0.125. The first-order valence-electron chi connectivity index (χ1n) is 6.42. The molecule has 1 N–H and O–H groups in total. The largest absolute Gasteiger partial charge is 0.343 e. The fourth-order valence-corrected chi connectivity index (χ4v) is 2.48. The quantitative estimate of drug-likeness (QED) is 0.727. The summed E-state index contributed by atoms with van der Waals surface area (Å²) in [7, 11) is 0. The second-order valence-corrected chi connectivity index (χ2v) is 4.74. The van der Waals surface area contributed by atoms with Crippen LogP contribution in [0.1, 0.15) is 51.9 Å². The van der Waals surface area contributed by atoms with Crippen LogP contribution in [0.2, 0.25) is 0 Å². The van der Waals surface area contributed by atoms with E-state index in [9.17, 15) is 4.79 Å². The summed E-state index contributed by atoms with van der Waals surface area (Å²) in [6.45, 7) is 2.37. The van der Waals surface area contributed by atoms with Gasteiger partial charge in [-0.15, -0.1) is 0 Å². The molecule has 1 amide bonds. The summed E-state index contributed by atoms with van der Waals surface area (Å²) in [6.07, 6.45) is 8.29. The van der Waals surface area contributed by atoms with Gasteiger partial charge in [0.15, 0.2) is 0 Å². The van der Waals surface area contributed by atoms with Gasteiger partial charge in [-0.05, 0) is 31.6 Å². The van der Waals surface area contributed by atoms with Crippen LogP contribution in [0, 0.1) is 23.2 Å². The SMILES string of the molecule is CCCCC1CCC(C(=O)NCC#N)CC1. The van der Waals surface area contributed by atoms with Crippen LogP contribution >= 0.6 is 0 Å². The highest BCUT2D eigenvalue weighted by Gasteiger charge is 2.25. The van der Waals surface area contributed by atoms with Gasteiger partial charge in [0, 0.05) is 5.92 Å². The third-order valence-electron chi connectivity index (χ3n) is 3.53. The number of hydrogen-bond acceptors (Lipinski definition) is 2. The molecule has 1 fully saturated rings. The first-order chi connectivity index (χ1) is 7.77. The Hall–Kier alpha value is -1.04. The zero-order chi connectivity index (χ0) is 11.8. The molecule has 3 heteroatoms. The third-order valence-corrected chi connectivity index (χ3v) is 3.53. The summed E-state index contributed by atoms with van der Waals surface area (Å²) in [5.41, 5.74) is 0. The molecule has 0 aliphatic heterocycles. The molecule has 1 rings (SSSR count). The van der Waals surface area contributed by atoms with E-state index in [1.165, 1.54) is 32.1 Å². The van der Waals surface area contributed by atoms with Crippen LogP contribution in [0.5, 0.6) is 0 Å². The Balaban J connectivity index is 2.21.